The number of nitrogens with zero attached hydrogens (tertiary/aromatic N) is 1. The van der Waals surface area contributed by atoms with Crippen LogP contribution in [0, 0.1) is 24.2 Å². The van der Waals surface area contributed by atoms with E-state index in [0.29, 0.717) is 17.3 Å². The minimum atomic E-state index is -3.58. The van der Waals surface area contributed by atoms with Crippen LogP contribution in [0.3, 0.4) is 0 Å². The third-order valence-electron chi connectivity index (χ3n) is 4.82. The van der Waals surface area contributed by atoms with Gasteiger partial charge in [0.25, 0.3) is 10.0 Å². The average Bonchev–Trinajstić information content (AvgIpc) is 2.45. The Morgan fingerprint density at radius 3 is 2.30 bits per heavy atom. The molecule has 1 fully saturated rings. The fourth-order valence-corrected chi connectivity index (χ4v) is 3.93. The molecule has 2 unspecified atom stereocenters. The lowest BCUT2D eigenvalue weighted by molar-refractivity contribution is 0.190. The third-order valence-corrected chi connectivity index (χ3v) is 6.05. The molecule has 1 N–H and O–H groups in total. The van der Waals surface area contributed by atoms with Crippen LogP contribution < -0.4 is 4.83 Å². The van der Waals surface area contributed by atoms with E-state index < -0.39 is 10.0 Å². The normalized spacial score (nSPS) is 24.7. The van der Waals surface area contributed by atoms with Crippen molar-refractivity contribution in [1.29, 1.82) is 0 Å². The lowest BCUT2D eigenvalue weighted by atomic mass is 9.69. The molecule has 1 aromatic carbocycles. The average molecular weight is 337 g/mol. The lowest BCUT2D eigenvalue weighted by Gasteiger charge is -2.37. The van der Waals surface area contributed by atoms with E-state index in [1.165, 1.54) is 0 Å². The summed E-state index contributed by atoms with van der Waals surface area (Å²) >= 11 is 0. The molecule has 5 heteroatoms. The van der Waals surface area contributed by atoms with E-state index in [1.54, 1.807) is 24.3 Å². The first kappa shape index (κ1) is 18.0. The number of hydrazone groups is 1. The highest BCUT2D eigenvalue weighted by molar-refractivity contribution is 7.89. The molecule has 4 nitrogen and oxygen atoms in total. The van der Waals surface area contributed by atoms with Gasteiger partial charge in [-0.15, -0.1) is 0 Å². The van der Waals surface area contributed by atoms with E-state index >= 15 is 0 Å². The molecule has 23 heavy (non-hydrogen) atoms. The predicted octanol–water partition coefficient (Wildman–Crippen LogP) is 4.11. The van der Waals surface area contributed by atoms with E-state index in [0.717, 1.165) is 30.5 Å². The van der Waals surface area contributed by atoms with Gasteiger partial charge in [-0.3, -0.25) is 0 Å². The smallest absolute Gasteiger partial charge is 0.200 e. The highest BCUT2D eigenvalue weighted by Gasteiger charge is 2.32. The second-order valence-electron chi connectivity index (χ2n) is 7.75. The number of benzene rings is 1. The Morgan fingerprint density at radius 1 is 1.17 bits per heavy atom. The second-order valence-corrected chi connectivity index (χ2v) is 9.41. The quantitative estimate of drug-likeness (QED) is 0.844. The molecule has 0 spiro atoms. The van der Waals surface area contributed by atoms with Crippen molar-refractivity contribution in [2.75, 3.05) is 0 Å². The third kappa shape index (κ3) is 4.56. The van der Waals surface area contributed by atoms with Crippen LogP contribution >= 0.6 is 0 Å². The standard InChI is InChI=1S/C18H28N2O2S/c1-13-6-9-16(10-7-13)23(21,22)20-19-17-11-8-15(12-14(17)2)18(3,4)5/h6-7,9-10,14-15,20H,8,11-12H2,1-5H3/b19-17+. The van der Waals surface area contributed by atoms with Crippen molar-refractivity contribution < 1.29 is 8.42 Å². The van der Waals surface area contributed by atoms with Crippen LogP contribution in [0.5, 0.6) is 0 Å². The van der Waals surface area contributed by atoms with Gasteiger partial charge in [0.15, 0.2) is 0 Å². The number of hydrogen-bond donors (Lipinski definition) is 1. The van der Waals surface area contributed by atoms with E-state index in [-0.39, 0.29) is 4.90 Å². The lowest BCUT2D eigenvalue weighted by Crippen LogP contribution is -2.32. The Morgan fingerprint density at radius 2 is 1.78 bits per heavy atom. The van der Waals surface area contributed by atoms with Crippen molar-refractivity contribution in [2.45, 2.75) is 58.8 Å². The summed E-state index contributed by atoms with van der Waals surface area (Å²) in [5.74, 6) is 0.971. The molecule has 2 rings (SSSR count). The van der Waals surface area contributed by atoms with Gasteiger partial charge in [0.05, 0.1) is 4.90 Å². The zero-order chi connectivity index (χ0) is 17.3. The summed E-state index contributed by atoms with van der Waals surface area (Å²) in [6.45, 7) is 10.9. The molecule has 0 heterocycles. The summed E-state index contributed by atoms with van der Waals surface area (Å²) in [6.07, 6.45) is 2.99. The van der Waals surface area contributed by atoms with Gasteiger partial charge >= 0.3 is 0 Å². The molecular weight excluding hydrogens is 308 g/mol. The first-order valence-electron chi connectivity index (χ1n) is 8.24. The fourth-order valence-electron chi connectivity index (χ4n) is 3.09. The maximum atomic E-state index is 12.3. The summed E-state index contributed by atoms with van der Waals surface area (Å²) in [7, 11) is -3.58. The second kappa shape index (κ2) is 6.63. The molecule has 1 aliphatic carbocycles. The van der Waals surface area contributed by atoms with Crippen LogP contribution in [-0.4, -0.2) is 14.1 Å². The molecule has 0 amide bonds. The topological polar surface area (TPSA) is 58.5 Å². The fraction of sp³-hybridized carbons (Fsp3) is 0.611. The van der Waals surface area contributed by atoms with E-state index in [1.807, 2.05) is 6.92 Å². The van der Waals surface area contributed by atoms with Gasteiger partial charge in [-0.25, -0.2) is 4.83 Å². The molecule has 0 aromatic heterocycles. The van der Waals surface area contributed by atoms with Gasteiger partial charge in [-0.1, -0.05) is 45.4 Å². The summed E-state index contributed by atoms with van der Waals surface area (Å²) in [6, 6.07) is 6.80. The molecule has 1 saturated carbocycles. The summed E-state index contributed by atoms with van der Waals surface area (Å²) in [5, 5.41) is 4.23. The van der Waals surface area contributed by atoms with Gasteiger partial charge in [-0.2, -0.15) is 13.5 Å². The molecule has 1 aliphatic rings. The Balaban J connectivity index is 2.07. The van der Waals surface area contributed by atoms with Crippen LogP contribution in [0.25, 0.3) is 0 Å². The van der Waals surface area contributed by atoms with Gasteiger partial charge in [0.1, 0.15) is 0 Å². The van der Waals surface area contributed by atoms with E-state index in [4.69, 9.17) is 0 Å². The maximum absolute atomic E-state index is 12.3. The van der Waals surface area contributed by atoms with E-state index in [2.05, 4.69) is 37.6 Å². The van der Waals surface area contributed by atoms with Crippen molar-refractivity contribution in [2.24, 2.45) is 22.4 Å². The van der Waals surface area contributed by atoms with Crippen LogP contribution in [0.1, 0.15) is 52.5 Å². The number of hydrogen-bond acceptors (Lipinski definition) is 3. The summed E-state index contributed by atoms with van der Waals surface area (Å²) in [4.78, 5) is 2.66. The van der Waals surface area contributed by atoms with Crippen molar-refractivity contribution in [3.63, 3.8) is 0 Å². The van der Waals surface area contributed by atoms with Gasteiger partial charge in [0, 0.05) is 5.71 Å². The van der Waals surface area contributed by atoms with Crippen molar-refractivity contribution in [3.8, 4) is 0 Å². The van der Waals surface area contributed by atoms with Crippen LogP contribution in [0.4, 0.5) is 0 Å². The number of aryl methyl sites for hydroxylation is 1. The molecule has 1 aromatic rings. The van der Waals surface area contributed by atoms with Crippen molar-refractivity contribution >= 4 is 15.7 Å². The zero-order valence-corrected chi connectivity index (χ0v) is 15.6. The highest BCUT2D eigenvalue weighted by Crippen LogP contribution is 2.39. The number of nitrogens with one attached hydrogen (secondary N) is 1. The molecule has 0 radical (unpaired) electrons. The number of sulfonamides is 1. The first-order valence-corrected chi connectivity index (χ1v) is 9.73. The van der Waals surface area contributed by atoms with Crippen molar-refractivity contribution in [1.82, 2.24) is 4.83 Å². The minimum Gasteiger partial charge on any atom is -0.200 e. The van der Waals surface area contributed by atoms with Crippen LogP contribution in [0.2, 0.25) is 0 Å². The Kier molecular flexibility index (Phi) is 5.19. The molecule has 128 valence electrons. The molecular formula is C18H28N2O2S. The van der Waals surface area contributed by atoms with Crippen LogP contribution in [-0.2, 0) is 10.0 Å². The Bertz CT molecular complexity index is 670. The molecule has 0 aliphatic heterocycles. The van der Waals surface area contributed by atoms with Crippen LogP contribution in [0.15, 0.2) is 34.3 Å². The minimum absolute atomic E-state index is 0.253. The molecule has 2 atom stereocenters. The largest absolute Gasteiger partial charge is 0.276 e. The summed E-state index contributed by atoms with van der Waals surface area (Å²) in [5.41, 5.74) is 2.28. The Hall–Kier alpha value is -1.36. The van der Waals surface area contributed by atoms with Gasteiger partial charge in [0.2, 0.25) is 0 Å². The summed E-state index contributed by atoms with van der Waals surface area (Å²) < 4.78 is 24.6. The zero-order valence-electron chi connectivity index (χ0n) is 14.8. The van der Waals surface area contributed by atoms with Crippen molar-refractivity contribution in [3.05, 3.63) is 29.8 Å². The molecule has 0 bridgehead atoms. The predicted molar refractivity (Wildman–Crippen MR) is 94.9 cm³/mol. The van der Waals surface area contributed by atoms with E-state index in [9.17, 15) is 8.42 Å². The highest BCUT2D eigenvalue weighted by atomic mass is 32.2. The van der Waals surface area contributed by atoms with Gasteiger partial charge < -0.3 is 0 Å². The SMILES string of the molecule is Cc1ccc(S(=O)(=O)N/N=C2\CCC(C(C)(C)C)CC2C)cc1. The maximum Gasteiger partial charge on any atom is 0.276 e. The van der Waals surface area contributed by atoms with Gasteiger partial charge in [-0.05, 0) is 55.6 Å². The first-order chi connectivity index (χ1) is 10.6. The molecule has 0 saturated heterocycles. The number of rotatable bonds is 3. The Labute approximate surface area is 140 Å². The monoisotopic (exact) mass is 336 g/mol.